The van der Waals surface area contributed by atoms with Crippen molar-refractivity contribution in [2.45, 2.75) is 26.4 Å². The molecule has 0 aromatic carbocycles. The largest absolute Gasteiger partial charge is 0.339 e. The molecule has 5 nitrogen and oxygen atoms in total. The predicted molar refractivity (Wildman–Crippen MR) is 77.2 cm³/mol. The summed E-state index contributed by atoms with van der Waals surface area (Å²) in [5.41, 5.74) is 1.14. The summed E-state index contributed by atoms with van der Waals surface area (Å²) in [6.45, 7) is 8.32. The molecule has 0 bridgehead atoms. The number of carbonyl (C=O) groups excluding carboxylic acids is 1. The quantitative estimate of drug-likeness (QED) is 0.883. The molecule has 0 spiro atoms. The fraction of sp³-hybridized carbons (Fsp3) is 0.692. The van der Waals surface area contributed by atoms with Gasteiger partial charge in [-0.1, -0.05) is 0 Å². The fourth-order valence-corrected chi connectivity index (χ4v) is 2.84. The van der Waals surface area contributed by atoms with Gasteiger partial charge < -0.3 is 10.2 Å². The highest BCUT2D eigenvalue weighted by molar-refractivity contribution is 7.09. The molecule has 1 saturated heterocycles. The van der Waals surface area contributed by atoms with Crippen LogP contribution in [0.25, 0.3) is 0 Å². The number of carbonyl (C=O) groups is 1. The number of hydrogen-bond donors (Lipinski definition) is 1. The Balaban J connectivity index is 1.81. The molecule has 1 unspecified atom stereocenters. The van der Waals surface area contributed by atoms with Crippen molar-refractivity contribution < 1.29 is 4.79 Å². The van der Waals surface area contributed by atoms with Crippen molar-refractivity contribution in [2.75, 3.05) is 33.2 Å². The van der Waals surface area contributed by atoms with Crippen LogP contribution in [0.1, 0.15) is 17.6 Å². The first kappa shape index (κ1) is 14.4. The maximum atomic E-state index is 12.0. The Morgan fingerprint density at radius 2 is 2.16 bits per heavy atom. The zero-order valence-corrected chi connectivity index (χ0v) is 12.7. The molecule has 106 valence electrons. The molecule has 2 heterocycles. The Kier molecular flexibility index (Phi) is 4.90. The van der Waals surface area contributed by atoms with Crippen LogP contribution >= 0.6 is 11.3 Å². The minimum atomic E-state index is -0.0901. The maximum absolute atomic E-state index is 12.0. The summed E-state index contributed by atoms with van der Waals surface area (Å²) in [5.74, 6) is 0.201. The second kappa shape index (κ2) is 6.45. The van der Waals surface area contributed by atoms with Gasteiger partial charge in [-0.15, -0.1) is 11.3 Å². The lowest BCUT2D eigenvalue weighted by Crippen LogP contribution is -2.52. The van der Waals surface area contributed by atoms with Gasteiger partial charge in [0.1, 0.15) is 0 Å². The lowest BCUT2D eigenvalue weighted by molar-refractivity contribution is -0.134. The standard InChI is InChI=1S/C13H22N4OS/c1-10(14-3)13(18)17-6-4-16(5-7-17)8-12-9-19-11(2)15-12/h9-10,14H,4-8H2,1-3H3. The smallest absolute Gasteiger partial charge is 0.239 e. The van der Waals surface area contributed by atoms with Gasteiger partial charge in [0.15, 0.2) is 0 Å². The van der Waals surface area contributed by atoms with Crippen LogP contribution in [-0.2, 0) is 11.3 Å². The number of rotatable bonds is 4. The van der Waals surface area contributed by atoms with Gasteiger partial charge in [-0.3, -0.25) is 9.69 Å². The van der Waals surface area contributed by atoms with Crippen LogP contribution in [0, 0.1) is 6.92 Å². The molecule has 1 N–H and O–H groups in total. The van der Waals surface area contributed by atoms with Gasteiger partial charge in [-0.2, -0.15) is 0 Å². The van der Waals surface area contributed by atoms with E-state index in [1.54, 1.807) is 11.3 Å². The zero-order valence-electron chi connectivity index (χ0n) is 11.8. The molecule has 0 aliphatic carbocycles. The zero-order chi connectivity index (χ0) is 13.8. The summed E-state index contributed by atoms with van der Waals surface area (Å²) in [4.78, 5) is 20.8. The molecule has 1 atom stereocenters. The fourth-order valence-electron chi connectivity index (χ4n) is 2.23. The molecule has 1 amide bonds. The van der Waals surface area contributed by atoms with Gasteiger partial charge in [-0.25, -0.2) is 4.98 Å². The van der Waals surface area contributed by atoms with Crippen molar-refractivity contribution in [1.29, 1.82) is 0 Å². The molecule has 6 heteroatoms. The lowest BCUT2D eigenvalue weighted by atomic mass is 10.2. The SMILES string of the molecule is CNC(C)C(=O)N1CCN(Cc2csc(C)n2)CC1. The van der Waals surface area contributed by atoms with Crippen LogP contribution in [-0.4, -0.2) is 60.0 Å². The topological polar surface area (TPSA) is 48.5 Å². The third-order valence-corrected chi connectivity index (χ3v) is 4.36. The third-order valence-electron chi connectivity index (χ3n) is 3.54. The lowest BCUT2D eigenvalue weighted by Gasteiger charge is -2.35. The molecule has 1 aliphatic rings. The van der Waals surface area contributed by atoms with E-state index in [0.29, 0.717) is 0 Å². The van der Waals surface area contributed by atoms with Gasteiger partial charge in [0.05, 0.1) is 16.7 Å². The molecule has 1 aromatic heterocycles. The monoisotopic (exact) mass is 282 g/mol. The van der Waals surface area contributed by atoms with Crippen LogP contribution < -0.4 is 5.32 Å². The van der Waals surface area contributed by atoms with Gasteiger partial charge in [-0.05, 0) is 20.9 Å². The Labute approximate surface area is 118 Å². The van der Waals surface area contributed by atoms with E-state index in [1.165, 1.54) is 0 Å². The van der Waals surface area contributed by atoms with E-state index in [4.69, 9.17) is 0 Å². The summed E-state index contributed by atoms with van der Waals surface area (Å²) in [5, 5.41) is 6.24. The minimum Gasteiger partial charge on any atom is -0.339 e. The predicted octanol–water partition coefficient (Wildman–Crippen LogP) is 0.704. The summed E-state index contributed by atoms with van der Waals surface area (Å²) in [6.07, 6.45) is 0. The number of nitrogens with zero attached hydrogens (tertiary/aromatic N) is 3. The van der Waals surface area contributed by atoms with E-state index >= 15 is 0 Å². The summed E-state index contributed by atoms with van der Waals surface area (Å²) in [6, 6.07) is -0.0901. The molecular weight excluding hydrogens is 260 g/mol. The number of hydrogen-bond acceptors (Lipinski definition) is 5. The second-order valence-corrected chi connectivity index (χ2v) is 6.03. The number of likely N-dealkylation sites (N-methyl/N-ethyl adjacent to an activating group) is 1. The summed E-state index contributed by atoms with van der Waals surface area (Å²) in [7, 11) is 1.82. The first-order chi connectivity index (χ1) is 9.10. The summed E-state index contributed by atoms with van der Waals surface area (Å²) < 4.78 is 0. The van der Waals surface area contributed by atoms with Gasteiger partial charge in [0, 0.05) is 38.1 Å². The Bertz CT molecular complexity index is 426. The highest BCUT2D eigenvalue weighted by atomic mass is 32.1. The van der Waals surface area contributed by atoms with Crippen LogP contribution in [0.3, 0.4) is 0 Å². The molecule has 0 saturated carbocycles. The van der Waals surface area contributed by atoms with Crippen LogP contribution in [0.15, 0.2) is 5.38 Å². The highest BCUT2D eigenvalue weighted by Crippen LogP contribution is 2.12. The first-order valence-electron chi connectivity index (χ1n) is 6.69. The number of aryl methyl sites for hydroxylation is 1. The molecule has 1 aromatic rings. The van der Waals surface area contributed by atoms with Crippen LogP contribution in [0.2, 0.25) is 0 Å². The maximum Gasteiger partial charge on any atom is 0.239 e. The van der Waals surface area contributed by atoms with E-state index in [9.17, 15) is 4.79 Å². The van der Waals surface area contributed by atoms with Gasteiger partial charge in [0.25, 0.3) is 0 Å². The van der Waals surface area contributed by atoms with Crippen LogP contribution in [0.5, 0.6) is 0 Å². The average molecular weight is 282 g/mol. The first-order valence-corrected chi connectivity index (χ1v) is 7.57. The molecule has 0 radical (unpaired) electrons. The average Bonchev–Trinajstić information content (AvgIpc) is 2.83. The second-order valence-electron chi connectivity index (χ2n) is 4.97. The molecule has 1 aliphatic heterocycles. The number of thiazole rings is 1. The van der Waals surface area contributed by atoms with Gasteiger partial charge >= 0.3 is 0 Å². The van der Waals surface area contributed by atoms with Crippen molar-refractivity contribution in [3.8, 4) is 0 Å². The number of nitrogens with one attached hydrogen (secondary N) is 1. The van der Waals surface area contributed by atoms with Crippen molar-refractivity contribution >= 4 is 17.2 Å². The van der Waals surface area contributed by atoms with E-state index in [2.05, 4.69) is 20.6 Å². The Morgan fingerprint density at radius 3 is 2.68 bits per heavy atom. The van der Waals surface area contributed by atoms with E-state index in [-0.39, 0.29) is 11.9 Å². The van der Waals surface area contributed by atoms with Crippen LogP contribution in [0.4, 0.5) is 0 Å². The van der Waals surface area contributed by atoms with Crippen molar-refractivity contribution in [3.05, 3.63) is 16.1 Å². The number of aromatic nitrogens is 1. The third kappa shape index (κ3) is 3.75. The number of amides is 1. The Hall–Kier alpha value is -0.980. The summed E-state index contributed by atoms with van der Waals surface area (Å²) >= 11 is 1.69. The molecule has 1 fully saturated rings. The van der Waals surface area contributed by atoms with Gasteiger partial charge in [0.2, 0.25) is 5.91 Å². The minimum absolute atomic E-state index is 0.0901. The van der Waals surface area contributed by atoms with E-state index in [1.807, 2.05) is 25.8 Å². The van der Waals surface area contributed by atoms with Crippen molar-refractivity contribution in [3.63, 3.8) is 0 Å². The number of piperazine rings is 1. The van der Waals surface area contributed by atoms with E-state index < -0.39 is 0 Å². The molecule has 2 rings (SSSR count). The van der Waals surface area contributed by atoms with E-state index in [0.717, 1.165) is 43.4 Å². The highest BCUT2D eigenvalue weighted by Gasteiger charge is 2.24. The van der Waals surface area contributed by atoms with Crippen molar-refractivity contribution in [2.24, 2.45) is 0 Å². The molecular formula is C13H22N4OS. The molecule has 19 heavy (non-hydrogen) atoms. The Morgan fingerprint density at radius 1 is 1.47 bits per heavy atom. The normalized spacial score (nSPS) is 18.6. The van der Waals surface area contributed by atoms with Crippen molar-refractivity contribution in [1.82, 2.24) is 20.1 Å².